The van der Waals surface area contributed by atoms with Crippen molar-refractivity contribution >= 4 is 11.8 Å². The van der Waals surface area contributed by atoms with Gasteiger partial charge in [0.2, 0.25) is 0 Å². The van der Waals surface area contributed by atoms with E-state index in [1.807, 2.05) is 11.8 Å². The van der Waals surface area contributed by atoms with E-state index in [1.165, 1.54) is 76.6 Å². The first-order valence-electron chi connectivity index (χ1n) is 14.7. The monoisotopic (exact) mass is 538 g/mol. The third kappa shape index (κ3) is 2.82. The van der Waals surface area contributed by atoms with Crippen LogP contribution in [-0.4, -0.2) is 0 Å². The Kier molecular flexibility index (Phi) is 4.43. The lowest BCUT2D eigenvalue weighted by molar-refractivity contribution is 0.735. The Bertz CT molecular complexity index is 1820. The van der Waals surface area contributed by atoms with Gasteiger partial charge in [0.1, 0.15) is 0 Å². The number of hydrogen-bond donors (Lipinski definition) is 0. The van der Waals surface area contributed by atoms with Gasteiger partial charge in [-0.3, -0.25) is 0 Å². The molecule has 1 heteroatoms. The van der Waals surface area contributed by atoms with E-state index in [2.05, 4.69) is 133 Å². The molecular formula is C40H26S. The minimum atomic E-state index is 0.281. The van der Waals surface area contributed by atoms with Crippen LogP contribution in [0.4, 0.5) is 0 Å². The summed E-state index contributed by atoms with van der Waals surface area (Å²) in [7, 11) is 0. The Labute approximate surface area is 244 Å². The lowest BCUT2D eigenvalue weighted by atomic mass is 9.61. The van der Waals surface area contributed by atoms with Crippen molar-refractivity contribution in [1.82, 2.24) is 0 Å². The van der Waals surface area contributed by atoms with E-state index in [0.717, 1.165) is 0 Å². The van der Waals surface area contributed by atoms with Gasteiger partial charge < -0.3 is 0 Å². The molecule has 0 fully saturated rings. The third-order valence-electron chi connectivity index (χ3n) is 10.1. The molecule has 4 bridgehead atoms. The Morgan fingerprint density at radius 1 is 0.268 bits per heavy atom. The van der Waals surface area contributed by atoms with Crippen LogP contribution in [0.1, 0.15) is 90.4 Å². The van der Waals surface area contributed by atoms with Crippen molar-refractivity contribution in [2.75, 3.05) is 0 Å². The summed E-state index contributed by atoms with van der Waals surface area (Å²) in [5, 5.41) is 0. The first-order chi connectivity index (χ1) is 20.4. The fourth-order valence-corrected chi connectivity index (χ4v) is 9.87. The summed E-state index contributed by atoms with van der Waals surface area (Å²) < 4.78 is 0. The maximum Gasteiger partial charge on any atom is 0.0360 e. The second-order valence-corrected chi connectivity index (χ2v) is 13.0. The van der Waals surface area contributed by atoms with Gasteiger partial charge in [-0.15, -0.1) is 0 Å². The number of hydrogen-bond acceptors (Lipinski definition) is 1. The molecule has 0 atom stereocenters. The minimum absolute atomic E-state index is 0.281. The van der Waals surface area contributed by atoms with Gasteiger partial charge >= 0.3 is 0 Å². The fourth-order valence-electron chi connectivity index (χ4n) is 8.65. The van der Waals surface area contributed by atoms with E-state index < -0.39 is 0 Å². The zero-order valence-electron chi connectivity index (χ0n) is 22.4. The Morgan fingerprint density at radius 2 is 0.537 bits per heavy atom. The topological polar surface area (TPSA) is 0 Å². The average Bonchev–Trinajstić information content (AvgIpc) is 3.04. The molecule has 0 saturated heterocycles. The van der Waals surface area contributed by atoms with Gasteiger partial charge in [-0.1, -0.05) is 133 Å². The molecule has 0 unspecified atom stereocenters. The summed E-state index contributed by atoms with van der Waals surface area (Å²) in [6.45, 7) is 0. The summed E-state index contributed by atoms with van der Waals surface area (Å²) in [5.41, 5.74) is 17.8. The maximum absolute atomic E-state index is 2.39. The molecule has 6 aliphatic rings. The number of rotatable bonds is 2. The molecule has 192 valence electrons. The maximum atomic E-state index is 2.39. The normalized spacial score (nSPS) is 21.3. The quantitative estimate of drug-likeness (QED) is 0.211. The Hall–Kier alpha value is -4.33. The fraction of sp³-hybridized carbons (Fsp3) is 0.100. The molecule has 41 heavy (non-hydrogen) atoms. The molecular weight excluding hydrogens is 513 g/mol. The molecule has 0 heterocycles. The molecule has 0 N–H and O–H groups in total. The van der Waals surface area contributed by atoms with E-state index in [0.29, 0.717) is 11.8 Å². The average molecular weight is 539 g/mol. The van der Waals surface area contributed by atoms with Crippen LogP contribution in [0.25, 0.3) is 0 Å². The van der Waals surface area contributed by atoms with Gasteiger partial charge in [0.25, 0.3) is 0 Å². The smallest absolute Gasteiger partial charge is 0.0360 e. The summed E-state index contributed by atoms with van der Waals surface area (Å²) in [6, 6.07) is 50.7. The standard InChI is InChI=1S/C40H26S/c1-5-15-27-23(11-1)35-24-12-2-6-16-28(24)37(27)39-31(35)19-9-21-33(39)41-34-22-10-20-32-36-25-13-3-7-17-29(25)38(40(32)34)30-18-8-4-14-26(30)36/h1-22,35-38H. The van der Waals surface area contributed by atoms with E-state index in [9.17, 15) is 0 Å². The van der Waals surface area contributed by atoms with Crippen LogP contribution in [0.2, 0.25) is 0 Å². The van der Waals surface area contributed by atoms with Crippen molar-refractivity contribution in [3.05, 3.63) is 200 Å². The van der Waals surface area contributed by atoms with Crippen LogP contribution in [0, 0.1) is 0 Å². The second kappa shape index (κ2) is 8.12. The molecule has 0 nitrogen and oxygen atoms in total. The predicted octanol–water partition coefficient (Wildman–Crippen LogP) is 9.81. The summed E-state index contributed by atoms with van der Waals surface area (Å²) in [4.78, 5) is 2.80. The Morgan fingerprint density at radius 3 is 0.854 bits per heavy atom. The lowest BCUT2D eigenvalue weighted by Gasteiger charge is -2.44. The van der Waals surface area contributed by atoms with E-state index in [4.69, 9.17) is 0 Å². The van der Waals surface area contributed by atoms with Crippen LogP contribution < -0.4 is 0 Å². The van der Waals surface area contributed by atoms with Gasteiger partial charge in [-0.05, 0) is 78.9 Å². The summed E-state index contributed by atoms with van der Waals surface area (Å²) >= 11 is 1.99. The van der Waals surface area contributed by atoms with Crippen molar-refractivity contribution < 1.29 is 0 Å². The molecule has 0 saturated carbocycles. The molecule has 6 aromatic rings. The summed E-state index contributed by atoms with van der Waals surface area (Å²) in [6.07, 6.45) is 0. The largest absolute Gasteiger partial charge is 0.0894 e. The van der Waals surface area contributed by atoms with Gasteiger partial charge in [-0.25, -0.2) is 0 Å². The first-order valence-corrected chi connectivity index (χ1v) is 15.5. The van der Waals surface area contributed by atoms with Crippen LogP contribution >= 0.6 is 11.8 Å². The van der Waals surface area contributed by atoms with Crippen molar-refractivity contribution in [2.24, 2.45) is 0 Å². The van der Waals surface area contributed by atoms with Crippen molar-refractivity contribution in [3.63, 3.8) is 0 Å². The van der Waals surface area contributed by atoms with Crippen molar-refractivity contribution in [1.29, 1.82) is 0 Å². The van der Waals surface area contributed by atoms with E-state index in [1.54, 1.807) is 0 Å². The molecule has 12 rings (SSSR count). The number of benzene rings is 6. The van der Waals surface area contributed by atoms with Crippen LogP contribution in [0.3, 0.4) is 0 Å². The third-order valence-corrected chi connectivity index (χ3v) is 11.2. The van der Waals surface area contributed by atoms with Gasteiger partial charge in [0, 0.05) is 33.5 Å². The molecule has 0 radical (unpaired) electrons. The second-order valence-electron chi connectivity index (χ2n) is 11.9. The highest BCUT2D eigenvalue weighted by Crippen LogP contribution is 2.60. The predicted molar refractivity (Wildman–Crippen MR) is 167 cm³/mol. The molecule has 0 spiro atoms. The minimum Gasteiger partial charge on any atom is -0.0894 e. The highest BCUT2D eigenvalue weighted by atomic mass is 32.2. The van der Waals surface area contributed by atoms with E-state index >= 15 is 0 Å². The van der Waals surface area contributed by atoms with Gasteiger partial charge in [0.15, 0.2) is 0 Å². The Balaban J connectivity index is 1.17. The summed E-state index contributed by atoms with van der Waals surface area (Å²) in [5.74, 6) is 1.18. The highest BCUT2D eigenvalue weighted by Gasteiger charge is 2.44. The molecule has 6 aromatic carbocycles. The molecule has 0 aliphatic heterocycles. The SMILES string of the molecule is c1ccc2c(c1)C1c3ccccc3C2c2c(Sc3cccc4c3C3c5ccccc5C4c4ccccc43)cccc21. The van der Waals surface area contributed by atoms with Crippen molar-refractivity contribution in [2.45, 2.75) is 33.5 Å². The molecule has 0 aromatic heterocycles. The lowest BCUT2D eigenvalue weighted by Crippen LogP contribution is -2.28. The molecule has 0 amide bonds. The van der Waals surface area contributed by atoms with Crippen LogP contribution in [0.5, 0.6) is 0 Å². The van der Waals surface area contributed by atoms with Gasteiger partial charge in [0.05, 0.1) is 0 Å². The zero-order chi connectivity index (χ0) is 26.7. The van der Waals surface area contributed by atoms with Gasteiger partial charge in [-0.2, -0.15) is 0 Å². The van der Waals surface area contributed by atoms with E-state index in [-0.39, 0.29) is 11.8 Å². The van der Waals surface area contributed by atoms with Crippen LogP contribution in [-0.2, 0) is 0 Å². The zero-order valence-corrected chi connectivity index (χ0v) is 23.2. The van der Waals surface area contributed by atoms with Crippen LogP contribution in [0.15, 0.2) is 143 Å². The molecule has 6 aliphatic carbocycles. The highest BCUT2D eigenvalue weighted by molar-refractivity contribution is 7.99. The first kappa shape index (κ1) is 22.4. The van der Waals surface area contributed by atoms with Crippen molar-refractivity contribution in [3.8, 4) is 0 Å².